The number of fused-ring (bicyclic) bond motifs is 1. The third kappa shape index (κ3) is 4.46. The van der Waals surface area contributed by atoms with Crippen molar-refractivity contribution >= 4 is 5.95 Å². The number of anilines is 1. The molecule has 0 saturated carbocycles. The maximum absolute atomic E-state index is 5.39. The molecule has 0 aliphatic carbocycles. The van der Waals surface area contributed by atoms with Gasteiger partial charge in [-0.05, 0) is 31.6 Å². The molecule has 6 heteroatoms. The van der Waals surface area contributed by atoms with Crippen molar-refractivity contribution in [3.63, 3.8) is 0 Å². The van der Waals surface area contributed by atoms with Gasteiger partial charge in [-0.3, -0.25) is 4.90 Å². The lowest BCUT2D eigenvalue weighted by Gasteiger charge is -2.36. The molecule has 2 aromatic rings. The van der Waals surface area contributed by atoms with Gasteiger partial charge in [-0.15, -0.1) is 0 Å². The summed E-state index contributed by atoms with van der Waals surface area (Å²) in [6.07, 6.45) is 5.05. The van der Waals surface area contributed by atoms with Gasteiger partial charge in [0.15, 0.2) is 0 Å². The van der Waals surface area contributed by atoms with Crippen molar-refractivity contribution in [3.8, 4) is 0 Å². The Bertz CT molecular complexity index is 744. The van der Waals surface area contributed by atoms with Crippen LogP contribution in [0.15, 0.2) is 36.7 Å². The van der Waals surface area contributed by atoms with E-state index in [9.17, 15) is 0 Å². The van der Waals surface area contributed by atoms with E-state index in [-0.39, 0.29) is 0 Å². The monoisotopic (exact) mass is 367 g/mol. The van der Waals surface area contributed by atoms with Crippen molar-refractivity contribution in [2.75, 3.05) is 51.8 Å². The summed E-state index contributed by atoms with van der Waals surface area (Å²) in [5.74, 6) is 0.813. The highest BCUT2D eigenvalue weighted by atomic mass is 16.5. The second kappa shape index (κ2) is 8.33. The van der Waals surface area contributed by atoms with E-state index in [2.05, 4.69) is 63.0 Å². The molecule has 2 aliphatic heterocycles. The molecule has 0 radical (unpaired) electrons. The van der Waals surface area contributed by atoms with Crippen LogP contribution in [0.3, 0.4) is 0 Å². The first-order valence-electron chi connectivity index (χ1n) is 9.78. The van der Waals surface area contributed by atoms with Crippen molar-refractivity contribution < 1.29 is 4.74 Å². The van der Waals surface area contributed by atoms with Gasteiger partial charge >= 0.3 is 0 Å². The maximum atomic E-state index is 5.39. The third-order valence-electron chi connectivity index (χ3n) is 5.58. The first kappa shape index (κ1) is 18.3. The largest absolute Gasteiger partial charge is 0.378 e. The standard InChI is InChI=1S/C21H29N5O/c1-24(16-20-11-18-5-3-4-6-19(18)15-25(20)2)14-17-12-22-21(23-13-17)26-7-9-27-10-8-26/h3-6,12-13,20H,7-11,14-16H2,1-2H3. The summed E-state index contributed by atoms with van der Waals surface area (Å²) in [7, 11) is 4.42. The molecule has 1 aromatic heterocycles. The third-order valence-corrected chi connectivity index (χ3v) is 5.58. The van der Waals surface area contributed by atoms with Crippen LogP contribution in [-0.2, 0) is 24.2 Å². The van der Waals surface area contributed by atoms with E-state index in [0.29, 0.717) is 6.04 Å². The van der Waals surface area contributed by atoms with E-state index in [0.717, 1.165) is 63.9 Å². The Balaban J connectivity index is 1.33. The Hall–Kier alpha value is -2.02. The first-order valence-corrected chi connectivity index (χ1v) is 9.78. The van der Waals surface area contributed by atoms with Gasteiger partial charge in [-0.2, -0.15) is 0 Å². The van der Waals surface area contributed by atoms with Gasteiger partial charge in [-0.25, -0.2) is 9.97 Å². The SMILES string of the molecule is CN(Cc1cnc(N2CCOCC2)nc1)CC1Cc2ccccc2CN1C. The topological polar surface area (TPSA) is 44.7 Å². The van der Waals surface area contributed by atoms with Gasteiger partial charge in [0.1, 0.15) is 0 Å². The minimum Gasteiger partial charge on any atom is -0.378 e. The zero-order chi connectivity index (χ0) is 18.6. The van der Waals surface area contributed by atoms with Crippen LogP contribution in [0.2, 0.25) is 0 Å². The molecule has 0 bridgehead atoms. The van der Waals surface area contributed by atoms with Crippen molar-refractivity contribution in [2.45, 2.75) is 25.6 Å². The summed E-state index contributed by atoms with van der Waals surface area (Å²) < 4.78 is 5.39. The predicted molar refractivity (Wildman–Crippen MR) is 107 cm³/mol. The molecule has 0 amide bonds. The summed E-state index contributed by atoms with van der Waals surface area (Å²) in [5.41, 5.74) is 4.12. The van der Waals surface area contributed by atoms with E-state index in [1.54, 1.807) is 0 Å². The van der Waals surface area contributed by atoms with E-state index >= 15 is 0 Å². The molecule has 144 valence electrons. The number of morpholine rings is 1. The zero-order valence-electron chi connectivity index (χ0n) is 16.3. The molecule has 6 nitrogen and oxygen atoms in total. The van der Waals surface area contributed by atoms with Crippen molar-refractivity contribution in [1.29, 1.82) is 0 Å². The van der Waals surface area contributed by atoms with Gasteiger partial charge in [0.05, 0.1) is 13.2 Å². The van der Waals surface area contributed by atoms with E-state index in [1.807, 2.05) is 12.4 Å². The molecule has 27 heavy (non-hydrogen) atoms. The normalized spacial score (nSPS) is 20.7. The highest BCUT2D eigenvalue weighted by Crippen LogP contribution is 2.22. The number of aromatic nitrogens is 2. The summed E-state index contributed by atoms with van der Waals surface area (Å²) in [6, 6.07) is 9.35. The number of hydrogen-bond acceptors (Lipinski definition) is 6. The molecule has 1 aromatic carbocycles. The Morgan fingerprint density at radius 3 is 2.56 bits per heavy atom. The number of rotatable bonds is 5. The fraction of sp³-hybridized carbons (Fsp3) is 0.524. The predicted octanol–water partition coefficient (Wildman–Crippen LogP) is 1.80. The first-order chi connectivity index (χ1) is 13.2. The van der Waals surface area contributed by atoms with Crippen molar-refractivity contribution in [2.24, 2.45) is 0 Å². The maximum Gasteiger partial charge on any atom is 0.225 e. The molecule has 4 rings (SSSR count). The van der Waals surface area contributed by atoms with Gasteiger partial charge < -0.3 is 14.5 Å². The molecule has 1 fully saturated rings. The van der Waals surface area contributed by atoms with Gasteiger partial charge in [0.25, 0.3) is 0 Å². The summed E-state index contributed by atoms with van der Waals surface area (Å²) in [5, 5.41) is 0. The number of ether oxygens (including phenoxy) is 1. The lowest BCUT2D eigenvalue weighted by molar-refractivity contribution is 0.122. The Labute approximate surface area is 161 Å². The molecule has 0 N–H and O–H groups in total. The molecule has 1 atom stereocenters. The smallest absolute Gasteiger partial charge is 0.225 e. The van der Waals surface area contributed by atoms with E-state index in [4.69, 9.17) is 4.74 Å². The van der Waals surface area contributed by atoms with Crippen molar-refractivity contribution in [1.82, 2.24) is 19.8 Å². The molecular formula is C21H29N5O. The second-order valence-corrected chi connectivity index (χ2v) is 7.73. The Morgan fingerprint density at radius 1 is 1.11 bits per heavy atom. The highest BCUT2D eigenvalue weighted by Gasteiger charge is 2.24. The molecule has 1 unspecified atom stereocenters. The van der Waals surface area contributed by atoms with Gasteiger partial charge in [0.2, 0.25) is 5.95 Å². The fourth-order valence-corrected chi connectivity index (χ4v) is 4.01. The molecule has 3 heterocycles. The Kier molecular flexibility index (Phi) is 5.66. The lowest BCUT2D eigenvalue weighted by Crippen LogP contribution is -2.44. The van der Waals surface area contributed by atoms with Crippen LogP contribution in [0.1, 0.15) is 16.7 Å². The van der Waals surface area contributed by atoms with Gasteiger partial charge in [-0.1, -0.05) is 24.3 Å². The van der Waals surface area contributed by atoms with E-state index in [1.165, 1.54) is 11.1 Å². The van der Waals surface area contributed by atoms with Crippen LogP contribution in [-0.4, -0.2) is 72.8 Å². The minimum atomic E-state index is 0.540. The minimum absolute atomic E-state index is 0.540. The molecule has 2 aliphatic rings. The molecule has 0 spiro atoms. The molecule has 1 saturated heterocycles. The highest BCUT2D eigenvalue weighted by molar-refractivity contribution is 5.31. The van der Waals surface area contributed by atoms with E-state index < -0.39 is 0 Å². The second-order valence-electron chi connectivity index (χ2n) is 7.73. The van der Waals surface area contributed by atoms with Crippen LogP contribution in [0, 0.1) is 0 Å². The van der Waals surface area contributed by atoms with Crippen LogP contribution in [0.25, 0.3) is 0 Å². The zero-order valence-corrected chi connectivity index (χ0v) is 16.3. The number of hydrogen-bond donors (Lipinski definition) is 0. The quantitative estimate of drug-likeness (QED) is 0.803. The van der Waals surface area contributed by atoms with Crippen LogP contribution >= 0.6 is 0 Å². The molecular weight excluding hydrogens is 338 g/mol. The van der Waals surface area contributed by atoms with Crippen LogP contribution in [0.4, 0.5) is 5.95 Å². The fourth-order valence-electron chi connectivity index (χ4n) is 4.01. The van der Waals surface area contributed by atoms with Gasteiger partial charge in [0, 0.05) is 56.7 Å². The summed E-state index contributed by atoms with van der Waals surface area (Å²) in [6.45, 7) is 6.19. The average Bonchev–Trinajstić information content (AvgIpc) is 2.70. The van der Waals surface area contributed by atoms with Crippen LogP contribution in [0.5, 0.6) is 0 Å². The summed E-state index contributed by atoms with van der Waals surface area (Å²) in [4.78, 5) is 16.2. The number of nitrogens with zero attached hydrogens (tertiary/aromatic N) is 5. The Morgan fingerprint density at radius 2 is 1.81 bits per heavy atom. The average molecular weight is 367 g/mol. The van der Waals surface area contributed by atoms with Crippen LogP contribution < -0.4 is 4.90 Å². The summed E-state index contributed by atoms with van der Waals surface area (Å²) >= 11 is 0. The van der Waals surface area contributed by atoms with Crippen molar-refractivity contribution in [3.05, 3.63) is 53.3 Å². The number of benzene rings is 1. The number of likely N-dealkylation sites (N-methyl/N-ethyl adjacent to an activating group) is 2. The lowest BCUT2D eigenvalue weighted by atomic mass is 9.94.